The highest BCUT2D eigenvalue weighted by Gasteiger charge is 2.25. The van der Waals surface area contributed by atoms with Crippen LogP contribution in [0, 0.1) is 18.3 Å². The Morgan fingerprint density at radius 1 is 1.32 bits per heavy atom. The monoisotopic (exact) mass is 428 g/mol. The quantitative estimate of drug-likeness (QED) is 0.445. The summed E-state index contributed by atoms with van der Waals surface area (Å²) >= 11 is 1.42. The number of hydrogen-bond acceptors (Lipinski definition) is 7. The fourth-order valence-electron chi connectivity index (χ4n) is 4.10. The molecule has 3 aromatic heterocycles. The Kier molecular flexibility index (Phi) is 4.49. The van der Waals surface area contributed by atoms with E-state index in [2.05, 4.69) is 46.7 Å². The van der Waals surface area contributed by atoms with Crippen LogP contribution >= 0.6 is 11.5 Å². The molecule has 1 aliphatic rings. The van der Waals surface area contributed by atoms with Gasteiger partial charge in [-0.1, -0.05) is 23.8 Å². The van der Waals surface area contributed by atoms with Gasteiger partial charge in [0.25, 0.3) is 0 Å². The normalized spacial score (nSPS) is 14.8. The molecule has 0 saturated heterocycles. The van der Waals surface area contributed by atoms with Crippen LogP contribution in [0.5, 0.6) is 5.75 Å². The Morgan fingerprint density at radius 2 is 2.16 bits per heavy atom. The molecule has 31 heavy (non-hydrogen) atoms. The van der Waals surface area contributed by atoms with Gasteiger partial charge in [-0.25, -0.2) is 4.98 Å². The topological polar surface area (TPSA) is 103 Å². The molecule has 0 aliphatic carbocycles. The van der Waals surface area contributed by atoms with Crippen LogP contribution in [0.4, 0.5) is 5.82 Å². The molecule has 1 atom stereocenters. The Balaban J connectivity index is 1.83. The summed E-state index contributed by atoms with van der Waals surface area (Å²) in [5.74, 6) is 0.787. The van der Waals surface area contributed by atoms with Gasteiger partial charge in [0.2, 0.25) is 0 Å². The molecule has 4 aromatic rings. The zero-order chi connectivity index (χ0) is 21.7. The molecule has 8 heteroatoms. The molecule has 1 unspecified atom stereocenters. The van der Waals surface area contributed by atoms with Crippen LogP contribution in [-0.2, 0) is 13.5 Å². The first-order valence-corrected chi connectivity index (χ1v) is 10.7. The summed E-state index contributed by atoms with van der Waals surface area (Å²) < 4.78 is 12.8. The third-order valence-corrected chi connectivity index (χ3v) is 6.33. The molecule has 1 aliphatic heterocycles. The van der Waals surface area contributed by atoms with E-state index in [1.54, 1.807) is 10.9 Å². The predicted molar refractivity (Wildman–Crippen MR) is 120 cm³/mol. The molecule has 0 fully saturated rings. The number of nitrogens with zero attached hydrogens (tertiary/aromatic N) is 5. The van der Waals surface area contributed by atoms with Crippen molar-refractivity contribution in [3.63, 3.8) is 0 Å². The Morgan fingerprint density at radius 3 is 2.97 bits per heavy atom. The van der Waals surface area contributed by atoms with Crippen LogP contribution in [-0.4, -0.2) is 19.1 Å². The second-order valence-corrected chi connectivity index (χ2v) is 8.36. The van der Waals surface area contributed by atoms with Gasteiger partial charge >= 0.3 is 0 Å². The molecular formula is C23H20N6OS. The molecule has 0 spiro atoms. The Labute approximate surface area is 183 Å². The maximum absolute atomic E-state index is 9.72. The smallest absolute Gasteiger partial charge is 0.170 e. The maximum Gasteiger partial charge on any atom is 0.170 e. The number of ether oxygens (including phenoxy) is 1. The first-order chi connectivity index (χ1) is 15.0. The van der Waals surface area contributed by atoms with Gasteiger partial charge in [0.1, 0.15) is 12.2 Å². The van der Waals surface area contributed by atoms with Crippen molar-refractivity contribution in [2.24, 2.45) is 7.05 Å². The fraction of sp³-hybridized carbons (Fsp3) is 0.217. The minimum absolute atomic E-state index is 0.271. The van der Waals surface area contributed by atoms with Crippen LogP contribution in [0.1, 0.15) is 41.1 Å². The average molecular weight is 429 g/mol. The van der Waals surface area contributed by atoms with E-state index in [0.717, 1.165) is 44.8 Å². The molecule has 0 radical (unpaired) electrons. The minimum Gasteiger partial charge on any atom is -0.482 e. The third kappa shape index (κ3) is 3.14. The van der Waals surface area contributed by atoms with Gasteiger partial charge in [0.05, 0.1) is 11.4 Å². The second kappa shape index (κ2) is 7.22. The number of benzene rings is 1. The van der Waals surface area contributed by atoms with E-state index in [9.17, 15) is 5.26 Å². The number of nitriles is 1. The molecule has 7 nitrogen and oxygen atoms in total. The standard InChI is InChI=1S/C23H20N6OS/c1-12-4-5-16-17(6-12)13(2)30-20-8-14(10-26-23(20)25)21-18(9-24)27-29(3)19(21)7-15-11-31-28-22(15)16/h4-6,8,10-11,13H,7H2,1-3H3,(H2,25,26). The van der Waals surface area contributed by atoms with Gasteiger partial charge in [0, 0.05) is 47.3 Å². The highest BCUT2D eigenvalue weighted by molar-refractivity contribution is 7.04. The third-order valence-electron chi connectivity index (χ3n) is 5.65. The lowest BCUT2D eigenvalue weighted by atomic mass is 9.93. The molecule has 0 saturated carbocycles. The van der Waals surface area contributed by atoms with E-state index in [-0.39, 0.29) is 6.10 Å². The van der Waals surface area contributed by atoms with Crippen molar-refractivity contribution in [1.29, 1.82) is 5.26 Å². The van der Waals surface area contributed by atoms with Crippen LogP contribution in [0.3, 0.4) is 0 Å². The van der Waals surface area contributed by atoms with Crippen molar-refractivity contribution >= 4 is 17.4 Å². The van der Waals surface area contributed by atoms with E-state index in [1.165, 1.54) is 11.5 Å². The summed E-state index contributed by atoms with van der Waals surface area (Å²) in [4.78, 5) is 4.35. The number of anilines is 1. The fourth-order valence-corrected chi connectivity index (χ4v) is 4.80. The molecule has 2 N–H and O–H groups in total. The Hall–Kier alpha value is -3.70. The van der Waals surface area contributed by atoms with Crippen molar-refractivity contribution in [2.75, 3.05) is 5.73 Å². The van der Waals surface area contributed by atoms with E-state index >= 15 is 0 Å². The summed E-state index contributed by atoms with van der Waals surface area (Å²) in [5, 5.41) is 16.2. The SMILES string of the molecule is Cc1ccc2c(c1)C(C)Oc1cc(cnc1N)-c1c(C#N)nn(C)c1Cc1csnc1-2. The Bertz CT molecular complexity index is 1360. The first-order valence-electron chi connectivity index (χ1n) is 9.89. The summed E-state index contributed by atoms with van der Waals surface area (Å²) in [5.41, 5.74) is 14.1. The molecule has 154 valence electrons. The van der Waals surface area contributed by atoms with Crippen molar-refractivity contribution in [3.8, 4) is 34.2 Å². The van der Waals surface area contributed by atoms with Crippen molar-refractivity contribution < 1.29 is 4.74 Å². The highest BCUT2D eigenvalue weighted by Crippen LogP contribution is 2.39. The number of aromatic nitrogens is 4. The zero-order valence-electron chi connectivity index (χ0n) is 17.4. The van der Waals surface area contributed by atoms with E-state index < -0.39 is 0 Å². The van der Waals surface area contributed by atoms with Crippen LogP contribution in [0.2, 0.25) is 0 Å². The first kappa shape index (κ1) is 19.3. The molecule has 2 bridgehead atoms. The van der Waals surface area contributed by atoms with Gasteiger partial charge in [-0.3, -0.25) is 4.68 Å². The molecular weight excluding hydrogens is 408 g/mol. The number of nitrogen functional groups attached to an aromatic ring is 1. The average Bonchev–Trinajstić information content (AvgIpc) is 3.33. The van der Waals surface area contributed by atoms with Crippen molar-refractivity contribution in [1.82, 2.24) is 19.1 Å². The highest BCUT2D eigenvalue weighted by atomic mass is 32.1. The summed E-state index contributed by atoms with van der Waals surface area (Å²) in [7, 11) is 1.85. The van der Waals surface area contributed by atoms with Crippen molar-refractivity contribution in [3.05, 3.63) is 63.9 Å². The van der Waals surface area contributed by atoms with E-state index in [1.807, 2.05) is 20.0 Å². The number of nitrogens with two attached hydrogens (primary N) is 1. The molecule has 4 heterocycles. The number of pyridine rings is 1. The predicted octanol–water partition coefficient (Wildman–Crippen LogP) is 4.41. The van der Waals surface area contributed by atoms with Crippen LogP contribution in [0.15, 0.2) is 35.8 Å². The number of rotatable bonds is 0. The summed E-state index contributed by atoms with van der Waals surface area (Å²) in [6, 6.07) is 10.4. The van der Waals surface area contributed by atoms with Gasteiger partial charge in [0.15, 0.2) is 17.3 Å². The lowest BCUT2D eigenvalue weighted by molar-refractivity contribution is 0.228. The molecule has 1 aromatic carbocycles. The van der Waals surface area contributed by atoms with Gasteiger partial charge in [-0.05, 0) is 37.0 Å². The minimum atomic E-state index is -0.271. The largest absolute Gasteiger partial charge is 0.482 e. The molecule has 5 rings (SSSR count). The lowest BCUT2D eigenvalue weighted by Gasteiger charge is -2.21. The van der Waals surface area contributed by atoms with Gasteiger partial charge in [-0.2, -0.15) is 14.7 Å². The van der Waals surface area contributed by atoms with E-state index in [0.29, 0.717) is 23.7 Å². The van der Waals surface area contributed by atoms with Crippen LogP contribution in [0.25, 0.3) is 22.4 Å². The van der Waals surface area contributed by atoms with E-state index in [4.69, 9.17) is 14.8 Å². The van der Waals surface area contributed by atoms with Gasteiger partial charge in [-0.15, -0.1) is 0 Å². The summed E-state index contributed by atoms with van der Waals surface area (Å²) in [6.45, 7) is 4.06. The van der Waals surface area contributed by atoms with Crippen LogP contribution < -0.4 is 10.5 Å². The summed E-state index contributed by atoms with van der Waals surface area (Å²) in [6.07, 6.45) is 1.99. The molecule has 0 amide bonds. The second-order valence-electron chi connectivity index (χ2n) is 7.73. The maximum atomic E-state index is 9.72. The number of aryl methyl sites for hydroxylation is 2. The number of hydrogen-bond donors (Lipinski definition) is 1. The van der Waals surface area contributed by atoms with Gasteiger partial charge < -0.3 is 10.5 Å². The number of fused-ring (bicyclic) bond motifs is 7. The lowest BCUT2D eigenvalue weighted by Crippen LogP contribution is -2.09. The zero-order valence-corrected chi connectivity index (χ0v) is 18.2. The van der Waals surface area contributed by atoms with Crippen molar-refractivity contribution in [2.45, 2.75) is 26.4 Å².